The fourth-order valence-electron chi connectivity index (χ4n) is 1.75. The largest absolute Gasteiger partial charge is 0.456 e. The van der Waals surface area contributed by atoms with E-state index in [1.165, 1.54) is 11.3 Å². The number of ether oxygens (including phenoxy) is 1. The first-order chi connectivity index (χ1) is 9.60. The van der Waals surface area contributed by atoms with E-state index in [1.807, 2.05) is 33.8 Å². The monoisotopic (exact) mass is 451 g/mol. The van der Waals surface area contributed by atoms with Gasteiger partial charge < -0.3 is 10.5 Å². The number of anilines is 1. The van der Waals surface area contributed by atoms with E-state index in [-0.39, 0.29) is 5.97 Å². The summed E-state index contributed by atoms with van der Waals surface area (Å²) in [6.07, 6.45) is 0. The quantitative estimate of drug-likeness (QED) is 0.581. The number of carbonyl (C=O) groups is 1. The number of nitrogens with two attached hydrogens (primary N) is 1. The predicted molar refractivity (Wildman–Crippen MR) is 97.3 cm³/mol. The first kappa shape index (κ1) is 17.0. The molecule has 0 aliphatic carbocycles. The van der Waals surface area contributed by atoms with Gasteiger partial charge >= 0.3 is 5.97 Å². The Bertz CT molecular complexity index is 699. The zero-order valence-electron chi connectivity index (χ0n) is 12.0. The smallest absolute Gasteiger partial charge is 0.351 e. The molecule has 0 spiro atoms. The van der Waals surface area contributed by atoms with Crippen LogP contribution >= 0.6 is 54.5 Å². The molecular weight excluding hydrogens is 438 g/mol. The molecular formula is C14H15Br2NO2S2. The van der Waals surface area contributed by atoms with Crippen LogP contribution in [0.3, 0.4) is 0 Å². The van der Waals surface area contributed by atoms with Crippen molar-refractivity contribution in [3.8, 4) is 10.4 Å². The molecule has 0 fully saturated rings. The highest BCUT2D eigenvalue weighted by molar-refractivity contribution is 9.12. The normalized spacial score (nSPS) is 11.7. The Labute approximate surface area is 148 Å². The maximum Gasteiger partial charge on any atom is 0.351 e. The number of halogens is 2. The first-order valence-corrected chi connectivity index (χ1v) is 9.39. The predicted octanol–water partition coefficient (Wildman–Crippen LogP) is 5.85. The molecule has 0 aromatic carbocycles. The second-order valence-electron chi connectivity index (χ2n) is 5.54. The fraction of sp³-hybridized carbons (Fsp3) is 0.357. The second kappa shape index (κ2) is 6.02. The molecule has 2 rings (SSSR count). The number of thiophene rings is 2. The Morgan fingerprint density at radius 1 is 1.29 bits per heavy atom. The Hall–Kier alpha value is -0.370. The van der Waals surface area contributed by atoms with E-state index in [1.54, 1.807) is 11.3 Å². The van der Waals surface area contributed by atoms with E-state index in [0.29, 0.717) is 10.6 Å². The average molecular weight is 453 g/mol. The lowest BCUT2D eigenvalue weighted by molar-refractivity contribution is 0.00763. The number of rotatable bonds is 2. The Morgan fingerprint density at radius 2 is 1.90 bits per heavy atom. The van der Waals surface area contributed by atoms with Crippen molar-refractivity contribution in [1.82, 2.24) is 0 Å². The minimum absolute atomic E-state index is 0.371. The Kier molecular flexibility index (Phi) is 4.87. The summed E-state index contributed by atoms with van der Waals surface area (Å²) < 4.78 is 7.45. The van der Waals surface area contributed by atoms with Crippen molar-refractivity contribution in [2.45, 2.75) is 33.3 Å². The SMILES string of the molecule is Cc1c(-c2cc(Br)sc2Br)sc(C(=O)OC(C)(C)C)c1N. The summed E-state index contributed by atoms with van der Waals surface area (Å²) >= 11 is 9.98. The maximum absolute atomic E-state index is 12.3. The lowest BCUT2D eigenvalue weighted by Crippen LogP contribution is -2.23. The molecule has 2 aromatic heterocycles. The van der Waals surface area contributed by atoms with Crippen LogP contribution in [0.5, 0.6) is 0 Å². The van der Waals surface area contributed by atoms with Gasteiger partial charge in [-0.1, -0.05) is 0 Å². The average Bonchev–Trinajstić information content (AvgIpc) is 2.79. The van der Waals surface area contributed by atoms with Crippen LogP contribution in [0.1, 0.15) is 36.0 Å². The molecule has 2 N–H and O–H groups in total. The van der Waals surface area contributed by atoms with Crippen molar-refractivity contribution >= 4 is 66.2 Å². The van der Waals surface area contributed by atoms with Crippen LogP contribution in [0.15, 0.2) is 13.6 Å². The number of carbonyl (C=O) groups excluding carboxylic acids is 1. The van der Waals surface area contributed by atoms with E-state index in [9.17, 15) is 4.79 Å². The van der Waals surface area contributed by atoms with Crippen molar-refractivity contribution in [3.05, 3.63) is 24.1 Å². The van der Waals surface area contributed by atoms with Gasteiger partial charge in [-0.05, 0) is 71.2 Å². The lowest BCUT2D eigenvalue weighted by Gasteiger charge is -2.19. The number of esters is 1. The molecule has 21 heavy (non-hydrogen) atoms. The molecule has 0 aliphatic rings. The molecule has 3 nitrogen and oxygen atoms in total. The molecule has 2 aromatic rings. The third-order valence-corrected chi connectivity index (χ3v) is 6.34. The summed E-state index contributed by atoms with van der Waals surface area (Å²) in [7, 11) is 0. The van der Waals surface area contributed by atoms with Crippen LogP contribution in [0.2, 0.25) is 0 Å². The molecule has 2 heterocycles. The fourth-order valence-corrected chi connectivity index (χ4v) is 5.90. The van der Waals surface area contributed by atoms with Crippen molar-refractivity contribution in [3.63, 3.8) is 0 Å². The number of hydrogen-bond donors (Lipinski definition) is 1. The van der Waals surface area contributed by atoms with Crippen LogP contribution in [-0.4, -0.2) is 11.6 Å². The molecule has 0 aliphatic heterocycles. The highest BCUT2D eigenvalue weighted by Gasteiger charge is 2.25. The minimum atomic E-state index is -0.534. The molecule has 0 bridgehead atoms. The summed E-state index contributed by atoms with van der Waals surface area (Å²) in [4.78, 5) is 13.7. The van der Waals surface area contributed by atoms with Crippen LogP contribution in [0, 0.1) is 6.92 Å². The van der Waals surface area contributed by atoms with Gasteiger partial charge in [-0.25, -0.2) is 4.79 Å². The van der Waals surface area contributed by atoms with Gasteiger partial charge in [0, 0.05) is 10.4 Å². The standard InChI is InChI=1S/C14H15Br2NO2S2/c1-6-9(17)11(13(18)19-14(2,3)4)21-10(6)7-5-8(15)20-12(7)16/h5H,17H2,1-4H3. The van der Waals surface area contributed by atoms with Gasteiger partial charge in [0.05, 0.1) is 13.3 Å². The van der Waals surface area contributed by atoms with Gasteiger partial charge in [0.25, 0.3) is 0 Å². The van der Waals surface area contributed by atoms with Crippen molar-refractivity contribution in [1.29, 1.82) is 0 Å². The summed E-state index contributed by atoms with van der Waals surface area (Å²) in [6, 6.07) is 2.02. The van der Waals surface area contributed by atoms with Crippen LogP contribution in [0.4, 0.5) is 5.69 Å². The molecule has 0 saturated carbocycles. The van der Waals surface area contributed by atoms with Crippen LogP contribution in [0.25, 0.3) is 10.4 Å². The van der Waals surface area contributed by atoms with Crippen molar-refractivity contribution in [2.75, 3.05) is 5.73 Å². The van der Waals surface area contributed by atoms with E-state index in [0.717, 1.165) is 23.6 Å². The first-order valence-electron chi connectivity index (χ1n) is 6.17. The van der Waals surface area contributed by atoms with Gasteiger partial charge in [0.1, 0.15) is 10.5 Å². The van der Waals surface area contributed by atoms with Crippen molar-refractivity contribution < 1.29 is 9.53 Å². The molecule has 7 heteroatoms. The van der Waals surface area contributed by atoms with E-state index < -0.39 is 5.60 Å². The summed E-state index contributed by atoms with van der Waals surface area (Å²) in [5, 5.41) is 0. The maximum atomic E-state index is 12.3. The number of hydrogen-bond acceptors (Lipinski definition) is 5. The molecule has 114 valence electrons. The molecule has 0 unspecified atom stereocenters. The second-order valence-corrected chi connectivity index (χ2v) is 10.3. The van der Waals surface area contributed by atoms with Gasteiger partial charge in [0.15, 0.2) is 0 Å². The van der Waals surface area contributed by atoms with Crippen molar-refractivity contribution in [2.24, 2.45) is 0 Å². The Morgan fingerprint density at radius 3 is 2.38 bits per heavy atom. The topological polar surface area (TPSA) is 52.3 Å². The molecule has 0 radical (unpaired) electrons. The molecule has 0 saturated heterocycles. The summed E-state index contributed by atoms with van der Waals surface area (Å²) in [5.41, 5.74) is 8.01. The minimum Gasteiger partial charge on any atom is -0.456 e. The zero-order chi connectivity index (χ0) is 15.9. The lowest BCUT2D eigenvalue weighted by atomic mass is 10.1. The number of nitrogen functional groups attached to an aromatic ring is 1. The van der Waals surface area contributed by atoms with Crippen LogP contribution in [-0.2, 0) is 4.74 Å². The highest BCUT2D eigenvalue weighted by Crippen LogP contribution is 2.45. The van der Waals surface area contributed by atoms with Gasteiger partial charge in [0.2, 0.25) is 0 Å². The van der Waals surface area contributed by atoms with E-state index >= 15 is 0 Å². The third kappa shape index (κ3) is 3.70. The summed E-state index contributed by atoms with van der Waals surface area (Å²) in [5.74, 6) is -0.371. The molecule has 0 amide bonds. The Balaban J connectivity index is 2.46. The van der Waals surface area contributed by atoms with Gasteiger partial charge in [-0.3, -0.25) is 0 Å². The van der Waals surface area contributed by atoms with E-state index in [4.69, 9.17) is 10.5 Å². The third-order valence-electron chi connectivity index (χ3n) is 2.68. The van der Waals surface area contributed by atoms with Gasteiger partial charge in [-0.15, -0.1) is 22.7 Å². The molecule has 0 atom stereocenters. The zero-order valence-corrected chi connectivity index (χ0v) is 16.8. The van der Waals surface area contributed by atoms with Crippen LogP contribution < -0.4 is 5.73 Å². The van der Waals surface area contributed by atoms with Gasteiger partial charge in [-0.2, -0.15) is 0 Å². The van der Waals surface area contributed by atoms with E-state index in [2.05, 4.69) is 31.9 Å². The highest BCUT2D eigenvalue weighted by atomic mass is 79.9. The summed E-state index contributed by atoms with van der Waals surface area (Å²) in [6.45, 7) is 7.45.